The Hall–Kier alpha value is -1.06. The van der Waals surface area contributed by atoms with Gasteiger partial charge in [0.2, 0.25) is 5.91 Å². The Kier molecular flexibility index (Phi) is 3.92. The summed E-state index contributed by atoms with van der Waals surface area (Å²) >= 11 is 0. The summed E-state index contributed by atoms with van der Waals surface area (Å²) in [5, 5.41) is 8.55. The lowest BCUT2D eigenvalue weighted by atomic mass is 10.2. The smallest absolute Gasteiger partial charge is 0.305 e. The fourth-order valence-electron chi connectivity index (χ4n) is 2.03. The molecule has 0 unspecified atom stereocenters. The normalized spacial score (nSPS) is 16.9. The van der Waals surface area contributed by atoms with Crippen molar-refractivity contribution in [2.45, 2.75) is 45.1 Å². The van der Waals surface area contributed by atoms with E-state index in [0.29, 0.717) is 6.54 Å². The molecule has 0 radical (unpaired) electrons. The number of rotatable bonds is 4. The van der Waals surface area contributed by atoms with Gasteiger partial charge in [-0.25, -0.2) is 0 Å². The van der Waals surface area contributed by atoms with Crippen molar-refractivity contribution < 1.29 is 14.7 Å². The van der Waals surface area contributed by atoms with Crippen LogP contribution in [0.5, 0.6) is 0 Å². The van der Waals surface area contributed by atoms with E-state index in [2.05, 4.69) is 0 Å². The van der Waals surface area contributed by atoms with E-state index < -0.39 is 5.97 Å². The van der Waals surface area contributed by atoms with E-state index in [1.54, 1.807) is 4.90 Å². The lowest BCUT2D eigenvalue weighted by Gasteiger charge is -2.27. The van der Waals surface area contributed by atoms with Crippen LogP contribution >= 0.6 is 0 Å². The summed E-state index contributed by atoms with van der Waals surface area (Å²) in [6, 6.07) is 0.284. The van der Waals surface area contributed by atoms with Gasteiger partial charge in [-0.1, -0.05) is 12.8 Å². The van der Waals surface area contributed by atoms with Crippen molar-refractivity contribution in [3.05, 3.63) is 0 Å². The first kappa shape index (κ1) is 11.0. The van der Waals surface area contributed by atoms with Gasteiger partial charge in [0.25, 0.3) is 0 Å². The molecule has 0 aromatic heterocycles. The molecule has 14 heavy (non-hydrogen) atoms. The summed E-state index contributed by atoms with van der Waals surface area (Å²) in [4.78, 5) is 23.4. The summed E-state index contributed by atoms with van der Waals surface area (Å²) in [5.41, 5.74) is 0. The zero-order chi connectivity index (χ0) is 10.6. The fourth-order valence-corrected chi connectivity index (χ4v) is 2.03. The predicted molar refractivity (Wildman–Crippen MR) is 51.9 cm³/mol. The highest BCUT2D eigenvalue weighted by molar-refractivity contribution is 5.74. The molecule has 1 amide bonds. The Labute approximate surface area is 83.9 Å². The van der Waals surface area contributed by atoms with Gasteiger partial charge in [-0.2, -0.15) is 0 Å². The fraction of sp³-hybridized carbons (Fsp3) is 0.800. The van der Waals surface area contributed by atoms with Gasteiger partial charge in [-0.05, 0) is 12.8 Å². The number of carboxylic acid groups (broad SMARTS) is 1. The number of hydrogen-bond acceptors (Lipinski definition) is 2. The van der Waals surface area contributed by atoms with Gasteiger partial charge in [0.05, 0.1) is 6.42 Å². The van der Waals surface area contributed by atoms with Crippen LogP contribution in [0.4, 0.5) is 0 Å². The predicted octanol–water partition coefficient (Wildman–Crippen LogP) is 1.25. The number of nitrogens with zero attached hydrogens (tertiary/aromatic N) is 1. The molecule has 1 saturated carbocycles. The minimum atomic E-state index is -0.839. The summed E-state index contributed by atoms with van der Waals surface area (Å²) in [5.74, 6) is -0.840. The maximum Gasteiger partial charge on any atom is 0.305 e. The molecule has 0 bridgehead atoms. The lowest BCUT2D eigenvalue weighted by Crippen LogP contribution is -2.38. The van der Waals surface area contributed by atoms with Gasteiger partial charge < -0.3 is 10.0 Å². The molecule has 80 valence electrons. The molecule has 1 aliphatic rings. The number of carboxylic acids is 1. The average Bonchev–Trinajstić information content (AvgIpc) is 2.56. The van der Waals surface area contributed by atoms with E-state index in [1.165, 1.54) is 6.92 Å². The van der Waals surface area contributed by atoms with Crippen LogP contribution in [0.2, 0.25) is 0 Å². The Balaban J connectivity index is 2.45. The first-order valence-electron chi connectivity index (χ1n) is 5.10. The van der Waals surface area contributed by atoms with Crippen LogP contribution in [0.25, 0.3) is 0 Å². The van der Waals surface area contributed by atoms with E-state index in [4.69, 9.17) is 5.11 Å². The van der Waals surface area contributed by atoms with Crippen molar-refractivity contribution in [2.24, 2.45) is 0 Å². The van der Waals surface area contributed by atoms with Crippen molar-refractivity contribution in [2.75, 3.05) is 6.54 Å². The molecule has 0 aromatic carbocycles. The molecule has 0 aliphatic heterocycles. The van der Waals surface area contributed by atoms with Crippen molar-refractivity contribution in [1.29, 1.82) is 0 Å². The molecule has 0 aromatic rings. The Morgan fingerprint density at radius 3 is 2.36 bits per heavy atom. The van der Waals surface area contributed by atoms with Crippen LogP contribution in [0.1, 0.15) is 39.0 Å². The molecule has 1 fully saturated rings. The molecule has 4 nitrogen and oxygen atoms in total. The maximum absolute atomic E-state index is 11.3. The number of hydrogen-bond donors (Lipinski definition) is 1. The van der Waals surface area contributed by atoms with Crippen LogP contribution in [-0.2, 0) is 9.59 Å². The molecule has 0 atom stereocenters. The van der Waals surface area contributed by atoms with Crippen LogP contribution in [0.3, 0.4) is 0 Å². The zero-order valence-corrected chi connectivity index (χ0v) is 8.53. The third kappa shape index (κ3) is 3.01. The molecule has 1 rings (SSSR count). The second kappa shape index (κ2) is 4.98. The summed E-state index contributed by atoms with van der Waals surface area (Å²) in [6.07, 6.45) is 4.41. The number of amides is 1. The van der Waals surface area contributed by atoms with Crippen LogP contribution < -0.4 is 0 Å². The molecule has 0 saturated heterocycles. The number of carbonyl (C=O) groups excluding carboxylic acids is 1. The zero-order valence-electron chi connectivity index (χ0n) is 8.53. The standard InChI is InChI=1S/C10H17NO3/c1-8(12)11(7-6-10(13)14)9-4-2-3-5-9/h9H,2-7H2,1H3,(H,13,14). The van der Waals surface area contributed by atoms with Gasteiger partial charge in [0.1, 0.15) is 0 Å². The molecular weight excluding hydrogens is 182 g/mol. The molecule has 0 spiro atoms. The van der Waals surface area contributed by atoms with E-state index in [0.717, 1.165) is 25.7 Å². The largest absolute Gasteiger partial charge is 0.481 e. The quantitative estimate of drug-likeness (QED) is 0.741. The summed E-state index contributed by atoms with van der Waals surface area (Å²) in [7, 11) is 0. The van der Waals surface area contributed by atoms with Crippen molar-refractivity contribution in [1.82, 2.24) is 4.90 Å². The van der Waals surface area contributed by atoms with E-state index in [1.807, 2.05) is 0 Å². The second-order valence-electron chi connectivity index (χ2n) is 3.79. The molecule has 4 heteroatoms. The number of aliphatic carboxylic acids is 1. The van der Waals surface area contributed by atoms with E-state index in [9.17, 15) is 9.59 Å². The van der Waals surface area contributed by atoms with E-state index in [-0.39, 0.29) is 18.4 Å². The molecule has 0 heterocycles. The summed E-state index contributed by atoms with van der Waals surface area (Å²) in [6.45, 7) is 1.87. The lowest BCUT2D eigenvalue weighted by molar-refractivity contribution is -0.138. The SMILES string of the molecule is CC(=O)N(CCC(=O)O)C1CCCC1. The van der Waals surface area contributed by atoms with Gasteiger partial charge >= 0.3 is 5.97 Å². The highest BCUT2D eigenvalue weighted by atomic mass is 16.4. The highest BCUT2D eigenvalue weighted by Gasteiger charge is 2.24. The minimum absolute atomic E-state index is 0.00171. The van der Waals surface area contributed by atoms with Gasteiger partial charge in [0, 0.05) is 19.5 Å². The number of carbonyl (C=O) groups is 2. The first-order chi connectivity index (χ1) is 6.61. The second-order valence-corrected chi connectivity index (χ2v) is 3.79. The minimum Gasteiger partial charge on any atom is -0.481 e. The third-order valence-electron chi connectivity index (χ3n) is 2.74. The van der Waals surface area contributed by atoms with Gasteiger partial charge in [-0.15, -0.1) is 0 Å². The van der Waals surface area contributed by atoms with Crippen molar-refractivity contribution >= 4 is 11.9 Å². The van der Waals surface area contributed by atoms with E-state index >= 15 is 0 Å². The molecular formula is C10H17NO3. The molecule has 1 N–H and O–H groups in total. The van der Waals surface area contributed by atoms with Crippen LogP contribution in [0, 0.1) is 0 Å². The Morgan fingerprint density at radius 1 is 1.36 bits per heavy atom. The average molecular weight is 199 g/mol. The van der Waals surface area contributed by atoms with Crippen LogP contribution in [-0.4, -0.2) is 34.5 Å². The Morgan fingerprint density at radius 2 is 1.93 bits per heavy atom. The van der Waals surface area contributed by atoms with Crippen molar-refractivity contribution in [3.8, 4) is 0 Å². The highest BCUT2D eigenvalue weighted by Crippen LogP contribution is 2.23. The van der Waals surface area contributed by atoms with Gasteiger partial charge in [0.15, 0.2) is 0 Å². The van der Waals surface area contributed by atoms with Crippen LogP contribution in [0.15, 0.2) is 0 Å². The van der Waals surface area contributed by atoms with Gasteiger partial charge in [-0.3, -0.25) is 9.59 Å². The monoisotopic (exact) mass is 199 g/mol. The Bertz CT molecular complexity index is 221. The summed E-state index contributed by atoms with van der Waals surface area (Å²) < 4.78 is 0. The topological polar surface area (TPSA) is 57.6 Å². The molecule has 1 aliphatic carbocycles. The third-order valence-corrected chi connectivity index (χ3v) is 2.74. The van der Waals surface area contributed by atoms with Crippen molar-refractivity contribution in [3.63, 3.8) is 0 Å². The maximum atomic E-state index is 11.3. The first-order valence-corrected chi connectivity index (χ1v) is 5.10.